The fourth-order valence-corrected chi connectivity index (χ4v) is 5.99. The van der Waals surface area contributed by atoms with E-state index in [1.54, 1.807) is 24.3 Å². The number of rotatable bonds is 4. The van der Waals surface area contributed by atoms with Crippen molar-refractivity contribution >= 4 is 32.7 Å². The van der Waals surface area contributed by atoms with Crippen molar-refractivity contribution in [2.75, 3.05) is 19.0 Å². The van der Waals surface area contributed by atoms with E-state index in [1.807, 2.05) is 0 Å². The summed E-state index contributed by atoms with van der Waals surface area (Å²) in [5.74, 6) is 0.265. The molecule has 0 aliphatic carbocycles. The van der Waals surface area contributed by atoms with Crippen LogP contribution in [0.3, 0.4) is 0 Å². The number of benzene rings is 1. The number of carbonyl (C=O) groups excluding carboxylic acids is 1. The van der Waals surface area contributed by atoms with Gasteiger partial charge in [0.05, 0.1) is 11.3 Å². The molecule has 2 N–H and O–H groups in total. The van der Waals surface area contributed by atoms with Crippen LogP contribution in [0.25, 0.3) is 0 Å². The number of phenols is 1. The van der Waals surface area contributed by atoms with Crippen LogP contribution in [0.1, 0.15) is 38.3 Å². The summed E-state index contributed by atoms with van der Waals surface area (Å²) in [6.07, 6.45) is 0.829. The summed E-state index contributed by atoms with van der Waals surface area (Å²) in [5, 5.41) is 11.9. The third-order valence-electron chi connectivity index (χ3n) is 5.01. The van der Waals surface area contributed by atoms with Gasteiger partial charge in [-0.15, -0.1) is 0 Å². The van der Waals surface area contributed by atoms with Gasteiger partial charge < -0.3 is 15.2 Å². The average Bonchev–Trinajstić information content (AvgIpc) is 3.11. The molecular formula is C18H24N2O5S2. The maximum absolute atomic E-state index is 13.0. The molecule has 1 fully saturated rings. The zero-order valence-electron chi connectivity index (χ0n) is 15.3. The minimum absolute atomic E-state index is 0.138. The van der Waals surface area contributed by atoms with E-state index in [4.69, 9.17) is 4.74 Å². The Kier molecular flexibility index (Phi) is 5.83. The number of carbonyl (C=O) groups is 1. The second-order valence-electron chi connectivity index (χ2n) is 7.17. The van der Waals surface area contributed by atoms with Crippen molar-refractivity contribution in [2.24, 2.45) is 4.99 Å². The molecular weight excluding hydrogens is 388 g/mol. The van der Waals surface area contributed by atoms with Gasteiger partial charge in [-0.25, -0.2) is 8.42 Å². The maximum atomic E-state index is 13.0. The predicted molar refractivity (Wildman–Crippen MR) is 106 cm³/mol. The van der Waals surface area contributed by atoms with Gasteiger partial charge in [0.2, 0.25) is 5.91 Å². The van der Waals surface area contributed by atoms with E-state index in [9.17, 15) is 18.3 Å². The van der Waals surface area contributed by atoms with Crippen molar-refractivity contribution in [1.29, 1.82) is 0 Å². The summed E-state index contributed by atoms with van der Waals surface area (Å²) in [7, 11) is -3.66. The number of thioether (sulfide) groups is 1. The quantitative estimate of drug-likeness (QED) is 0.784. The lowest BCUT2D eigenvalue weighted by Crippen LogP contribution is -2.53. The van der Waals surface area contributed by atoms with E-state index < -0.39 is 25.7 Å². The molecule has 0 bridgehead atoms. The van der Waals surface area contributed by atoms with Crippen molar-refractivity contribution in [3.8, 4) is 5.75 Å². The molecule has 1 unspecified atom stereocenters. The Morgan fingerprint density at radius 1 is 1.26 bits per heavy atom. The first-order valence-corrected chi connectivity index (χ1v) is 11.4. The third-order valence-corrected chi connectivity index (χ3v) is 8.93. The fourth-order valence-electron chi connectivity index (χ4n) is 3.09. The molecule has 1 aromatic rings. The second-order valence-corrected chi connectivity index (χ2v) is 11.0. The first-order chi connectivity index (χ1) is 12.7. The lowest BCUT2D eigenvalue weighted by Gasteiger charge is -2.31. The molecule has 2 aliphatic rings. The normalized spacial score (nSPS) is 21.7. The highest BCUT2D eigenvalue weighted by Gasteiger charge is 2.47. The lowest BCUT2D eigenvalue weighted by atomic mass is 10.1. The van der Waals surface area contributed by atoms with Crippen molar-refractivity contribution in [3.63, 3.8) is 0 Å². The highest BCUT2D eigenvalue weighted by atomic mass is 32.2. The molecule has 1 saturated heterocycles. The molecule has 1 aromatic carbocycles. The molecule has 1 amide bonds. The minimum Gasteiger partial charge on any atom is -0.508 e. The zero-order chi connectivity index (χ0) is 19.7. The number of sulfone groups is 1. The minimum atomic E-state index is -3.66. The van der Waals surface area contributed by atoms with Crippen LogP contribution in [0.2, 0.25) is 0 Å². The highest BCUT2D eigenvalue weighted by molar-refractivity contribution is 8.14. The molecule has 1 atom stereocenters. The number of phenolic OH excluding ortho intramolecular Hbond substituents is 1. The lowest BCUT2D eigenvalue weighted by molar-refractivity contribution is -0.121. The number of nitrogens with one attached hydrogen (secondary N) is 1. The van der Waals surface area contributed by atoms with E-state index in [0.717, 1.165) is 5.56 Å². The largest absolute Gasteiger partial charge is 0.508 e. The standard InChI is InChI=1S/C18H24N2O5S2/c1-18(2,27(23,24)14-7-9-25-10-8-14)16(22)20-17-19-15(11-26-17)12-3-5-13(21)6-4-12/h3-6,14-15,21H,7-11H2,1-2H3,(H,19,20,22). The van der Waals surface area contributed by atoms with Gasteiger partial charge in [-0.05, 0) is 44.4 Å². The molecule has 2 aliphatic heterocycles. The van der Waals surface area contributed by atoms with Crippen LogP contribution in [0, 0.1) is 0 Å². The summed E-state index contributed by atoms with van der Waals surface area (Å²) < 4.78 is 29.6. The molecule has 27 heavy (non-hydrogen) atoms. The molecule has 9 heteroatoms. The molecule has 2 heterocycles. The summed E-state index contributed by atoms with van der Waals surface area (Å²) in [5.41, 5.74) is 0.929. The third kappa shape index (κ3) is 4.14. The number of amides is 1. The molecule has 0 spiro atoms. The van der Waals surface area contributed by atoms with Crippen LogP contribution in [0.5, 0.6) is 5.75 Å². The summed E-state index contributed by atoms with van der Waals surface area (Å²) in [6.45, 7) is 3.70. The van der Waals surface area contributed by atoms with Crippen molar-refractivity contribution in [3.05, 3.63) is 29.8 Å². The topological polar surface area (TPSA) is 105 Å². The van der Waals surface area contributed by atoms with Crippen LogP contribution >= 0.6 is 11.8 Å². The van der Waals surface area contributed by atoms with Crippen LogP contribution in [-0.4, -0.2) is 53.6 Å². The Morgan fingerprint density at radius 2 is 1.89 bits per heavy atom. The van der Waals surface area contributed by atoms with Gasteiger partial charge in [0, 0.05) is 19.0 Å². The summed E-state index contributed by atoms with van der Waals surface area (Å²) >= 11 is 1.38. The number of aliphatic imine (C=N–C) groups is 1. The van der Waals surface area contributed by atoms with Gasteiger partial charge in [0.15, 0.2) is 15.0 Å². The molecule has 3 rings (SSSR count). The molecule has 148 valence electrons. The van der Waals surface area contributed by atoms with Gasteiger partial charge in [0.1, 0.15) is 10.5 Å². The van der Waals surface area contributed by atoms with Gasteiger partial charge in [-0.3, -0.25) is 9.79 Å². The Bertz CT molecular complexity index is 828. The first kappa shape index (κ1) is 20.2. The van der Waals surface area contributed by atoms with Crippen molar-refractivity contribution in [2.45, 2.75) is 42.7 Å². The Morgan fingerprint density at radius 3 is 2.52 bits per heavy atom. The zero-order valence-corrected chi connectivity index (χ0v) is 17.0. The average molecular weight is 413 g/mol. The van der Waals surface area contributed by atoms with E-state index >= 15 is 0 Å². The number of nitrogens with zero attached hydrogens (tertiary/aromatic N) is 1. The number of ether oxygens (including phenoxy) is 1. The van der Waals surface area contributed by atoms with Gasteiger partial charge >= 0.3 is 0 Å². The fraction of sp³-hybridized carbons (Fsp3) is 0.556. The highest BCUT2D eigenvalue weighted by Crippen LogP contribution is 2.32. The van der Waals surface area contributed by atoms with Crippen molar-refractivity contribution < 1.29 is 23.1 Å². The van der Waals surface area contributed by atoms with Crippen LogP contribution in [0.4, 0.5) is 0 Å². The van der Waals surface area contributed by atoms with Gasteiger partial charge in [-0.2, -0.15) is 0 Å². The van der Waals surface area contributed by atoms with E-state index in [-0.39, 0.29) is 11.8 Å². The Hall–Kier alpha value is -1.58. The number of aromatic hydroxyl groups is 1. The van der Waals surface area contributed by atoms with Crippen molar-refractivity contribution in [1.82, 2.24) is 5.32 Å². The van der Waals surface area contributed by atoms with E-state index in [2.05, 4.69) is 10.3 Å². The van der Waals surface area contributed by atoms with Gasteiger partial charge in [-0.1, -0.05) is 23.9 Å². The Balaban J connectivity index is 1.70. The predicted octanol–water partition coefficient (Wildman–Crippen LogP) is 2.02. The molecule has 0 aromatic heterocycles. The molecule has 0 saturated carbocycles. The maximum Gasteiger partial charge on any atom is 0.246 e. The second kappa shape index (κ2) is 7.81. The summed E-state index contributed by atoms with van der Waals surface area (Å²) in [4.78, 5) is 17.2. The first-order valence-electron chi connectivity index (χ1n) is 8.84. The smallest absolute Gasteiger partial charge is 0.246 e. The SMILES string of the molecule is CC(C)(C(=O)NC1=NC(c2ccc(O)cc2)CS1)S(=O)(=O)C1CCOCC1. The molecule has 7 nitrogen and oxygen atoms in total. The molecule has 0 radical (unpaired) electrons. The number of hydrogen-bond donors (Lipinski definition) is 2. The monoisotopic (exact) mass is 412 g/mol. The number of hydrogen-bond acceptors (Lipinski definition) is 7. The van der Waals surface area contributed by atoms with Gasteiger partial charge in [0.25, 0.3) is 0 Å². The number of amidine groups is 1. The van der Waals surface area contributed by atoms with E-state index in [0.29, 0.717) is 37.0 Å². The van der Waals surface area contributed by atoms with Crippen LogP contribution in [0.15, 0.2) is 29.3 Å². The van der Waals surface area contributed by atoms with Crippen LogP contribution in [-0.2, 0) is 19.4 Å². The summed E-state index contributed by atoms with van der Waals surface area (Å²) in [6, 6.07) is 6.62. The Labute approximate surface area is 163 Å². The van der Waals surface area contributed by atoms with Crippen LogP contribution < -0.4 is 5.32 Å². The van der Waals surface area contributed by atoms with E-state index in [1.165, 1.54) is 25.6 Å².